The van der Waals surface area contributed by atoms with Crippen molar-refractivity contribution >= 4 is 5.95 Å². The molecule has 2 unspecified atom stereocenters. The fourth-order valence-electron chi connectivity index (χ4n) is 2.73. The lowest BCUT2D eigenvalue weighted by atomic mass is 9.94. The van der Waals surface area contributed by atoms with Gasteiger partial charge >= 0.3 is 6.18 Å². The van der Waals surface area contributed by atoms with E-state index in [1.807, 2.05) is 10.00 Å². The number of H-pyrrole nitrogens is 1. The zero-order valence-corrected chi connectivity index (χ0v) is 9.67. The first-order valence-electron chi connectivity index (χ1n) is 6.02. The number of alkyl halides is 3. The summed E-state index contributed by atoms with van der Waals surface area (Å²) in [5.41, 5.74) is 0. The van der Waals surface area contributed by atoms with Gasteiger partial charge in [0, 0.05) is 19.1 Å². The van der Waals surface area contributed by atoms with Crippen molar-refractivity contribution < 1.29 is 13.2 Å². The van der Waals surface area contributed by atoms with E-state index in [4.69, 9.17) is 0 Å². The Hall–Kier alpha value is -1.31. The zero-order chi connectivity index (χ0) is 12.8. The average Bonchev–Trinajstić information content (AvgIpc) is 2.94. The highest BCUT2D eigenvalue weighted by molar-refractivity contribution is 5.32. The average molecular weight is 261 g/mol. The number of rotatable bonds is 1. The Morgan fingerprint density at radius 2 is 2.11 bits per heavy atom. The predicted octanol–water partition coefficient (Wildman–Crippen LogP) is 1.01. The summed E-state index contributed by atoms with van der Waals surface area (Å²) in [4.78, 5) is 5.35. The highest BCUT2D eigenvalue weighted by Crippen LogP contribution is 2.30. The van der Waals surface area contributed by atoms with Crippen LogP contribution < -0.4 is 10.2 Å². The van der Waals surface area contributed by atoms with E-state index in [2.05, 4.69) is 15.4 Å². The Kier molecular flexibility index (Phi) is 2.69. The van der Waals surface area contributed by atoms with Gasteiger partial charge in [-0.25, -0.2) is 0 Å². The molecule has 0 aliphatic carbocycles. The van der Waals surface area contributed by atoms with E-state index in [0.717, 1.165) is 25.9 Å². The summed E-state index contributed by atoms with van der Waals surface area (Å²) in [5.74, 6) is -0.384. The summed E-state index contributed by atoms with van der Waals surface area (Å²) in [6.45, 7) is 2.39. The second-order valence-corrected chi connectivity index (χ2v) is 4.85. The minimum atomic E-state index is -4.46. The van der Waals surface area contributed by atoms with E-state index >= 15 is 0 Å². The molecule has 5 nitrogen and oxygen atoms in total. The molecule has 100 valence electrons. The molecule has 0 bridgehead atoms. The van der Waals surface area contributed by atoms with Crippen LogP contribution in [0.2, 0.25) is 0 Å². The molecule has 1 aromatic heterocycles. The van der Waals surface area contributed by atoms with E-state index in [9.17, 15) is 13.2 Å². The number of aromatic amines is 1. The third kappa shape index (κ3) is 2.05. The molecule has 0 aromatic carbocycles. The molecule has 1 aromatic rings. The molecule has 2 N–H and O–H groups in total. The van der Waals surface area contributed by atoms with E-state index in [1.54, 1.807) is 0 Å². The van der Waals surface area contributed by atoms with Crippen LogP contribution in [0.1, 0.15) is 18.7 Å². The summed E-state index contributed by atoms with van der Waals surface area (Å²) in [5, 5.41) is 9.01. The van der Waals surface area contributed by atoms with Gasteiger partial charge in [0.1, 0.15) is 0 Å². The topological polar surface area (TPSA) is 56.8 Å². The Morgan fingerprint density at radius 3 is 2.78 bits per heavy atom. The van der Waals surface area contributed by atoms with Crippen molar-refractivity contribution in [3.8, 4) is 0 Å². The number of piperidine rings is 1. The molecule has 18 heavy (non-hydrogen) atoms. The lowest BCUT2D eigenvalue weighted by Gasteiger charge is -2.24. The smallest absolute Gasteiger partial charge is 0.338 e. The van der Waals surface area contributed by atoms with Crippen LogP contribution in [0.4, 0.5) is 19.1 Å². The zero-order valence-electron chi connectivity index (χ0n) is 9.67. The van der Waals surface area contributed by atoms with Crippen molar-refractivity contribution in [1.82, 2.24) is 20.5 Å². The highest BCUT2D eigenvalue weighted by atomic mass is 19.4. The SMILES string of the molecule is FC(F)(F)c1nc(N2CC3CCCNC3C2)n[nH]1. The summed E-state index contributed by atoms with van der Waals surface area (Å²) in [6, 6.07) is 0.353. The Labute approximate surface area is 102 Å². The Balaban J connectivity index is 1.74. The second kappa shape index (κ2) is 4.11. The van der Waals surface area contributed by atoms with Crippen LogP contribution >= 0.6 is 0 Å². The molecule has 3 heterocycles. The van der Waals surface area contributed by atoms with Gasteiger partial charge in [0.2, 0.25) is 11.8 Å². The van der Waals surface area contributed by atoms with E-state index in [-0.39, 0.29) is 5.95 Å². The third-order valence-corrected chi connectivity index (χ3v) is 3.62. The van der Waals surface area contributed by atoms with Gasteiger partial charge in [-0.1, -0.05) is 0 Å². The molecule has 2 aliphatic rings. The summed E-state index contributed by atoms with van der Waals surface area (Å²) in [7, 11) is 0. The number of anilines is 1. The highest BCUT2D eigenvalue weighted by Gasteiger charge is 2.39. The van der Waals surface area contributed by atoms with E-state index in [1.165, 1.54) is 0 Å². The quantitative estimate of drug-likeness (QED) is 0.792. The molecule has 0 saturated carbocycles. The van der Waals surface area contributed by atoms with Gasteiger partial charge in [-0.15, -0.1) is 5.10 Å². The largest absolute Gasteiger partial charge is 0.451 e. The minimum Gasteiger partial charge on any atom is -0.338 e. The summed E-state index contributed by atoms with van der Waals surface area (Å²) < 4.78 is 37.3. The van der Waals surface area contributed by atoms with Gasteiger partial charge in [-0.05, 0) is 25.3 Å². The van der Waals surface area contributed by atoms with E-state index < -0.39 is 12.0 Å². The maximum absolute atomic E-state index is 12.4. The molecule has 3 rings (SSSR count). The maximum Gasteiger partial charge on any atom is 0.451 e. The van der Waals surface area contributed by atoms with Crippen LogP contribution in [-0.2, 0) is 6.18 Å². The van der Waals surface area contributed by atoms with Crippen molar-refractivity contribution in [2.45, 2.75) is 25.1 Å². The Morgan fingerprint density at radius 1 is 1.28 bits per heavy atom. The van der Waals surface area contributed by atoms with Crippen molar-refractivity contribution in [2.75, 3.05) is 24.5 Å². The first kappa shape index (κ1) is 11.8. The van der Waals surface area contributed by atoms with Gasteiger partial charge in [-0.3, -0.25) is 5.10 Å². The van der Waals surface area contributed by atoms with Crippen molar-refractivity contribution in [3.63, 3.8) is 0 Å². The number of aromatic nitrogens is 3. The molecule has 2 atom stereocenters. The van der Waals surface area contributed by atoms with Gasteiger partial charge in [0.15, 0.2) is 0 Å². The van der Waals surface area contributed by atoms with Crippen molar-refractivity contribution in [2.24, 2.45) is 5.92 Å². The molecule has 2 aliphatic heterocycles. The van der Waals surface area contributed by atoms with Crippen LogP contribution in [0.15, 0.2) is 0 Å². The van der Waals surface area contributed by atoms with Gasteiger partial charge < -0.3 is 10.2 Å². The second-order valence-electron chi connectivity index (χ2n) is 4.85. The molecule has 8 heteroatoms. The van der Waals surface area contributed by atoms with Crippen LogP contribution in [0, 0.1) is 5.92 Å². The lowest BCUT2D eigenvalue weighted by molar-refractivity contribution is -0.144. The number of nitrogens with one attached hydrogen (secondary N) is 2. The molecular formula is C10H14F3N5. The van der Waals surface area contributed by atoms with Gasteiger partial charge in [-0.2, -0.15) is 18.2 Å². The number of hydrogen-bond donors (Lipinski definition) is 2. The number of hydrogen-bond acceptors (Lipinski definition) is 4. The van der Waals surface area contributed by atoms with Gasteiger partial charge in [0.05, 0.1) is 0 Å². The molecule has 2 saturated heterocycles. The van der Waals surface area contributed by atoms with Gasteiger partial charge in [0.25, 0.3) is 0 Å². The monoisotopic (exact) mass is 261 g/mol. The third-order valence-electron chi connectivity index (χ3n) is 3.62. The molecule has 0 amide bonds. The van der Waals surface area contributed by atoms with Crippen LogP contribution in [0.3, 0.4) is 0 Å². The summed E-state index contributed by atoms with van der Waals surface area (Å²) >= 11 is 0. The van der Waals surface area contributed by atoms with Crippen LogP contribution in [0.25, 0.3) is 0 Å². The maximum atomic E-state index is 12.4. The molecule has 0 spiro atoms. The van der Waals surface area contributed by atoms with Crippen molar-refractivity contribution in [1.29, 1.82) is 0 Å². The summed E-state index contributed by atoms with van der Waals surface area (Å²) in [6.07, 6.45) is -2.22. The van der Waals surface area contributed by atoms with Crippen molar-refractivity contribution in [3.05, 3.63) is 5.82 Å². The van der Waals surface area contributed by atoms with E-state index in [0.29, 0.717) is 18.5 Å². The van der Waals surface area contributed by atoms with Crippen LogP contribution in [0.5, 0.6) is 0 Å². The molecule has 2 fully saturated rings. The Bertz CT molecular complexity index is 415. The number of halogens is 3. The minimum absolute atomic E-state index is 0.151. The first-order valence-corrected chi connectivity index (χ1v) is 6.02. The number of fused-ring (bicyclic) bond motifs is 1. The number of nitrogens with zero attached hydrogens (tertiary/aromatic N) is 3. The molecule has 0 radical (unpaired) electrons. The molecular weight excluding hydrogens is 247 g/mol. The lowest BCUT2D eigenvalue weighted by Crippen LogP contribution is -2.40. The standard InChI is InChI=1S/C10H14F3N5/c11-10(12,13)8-15-9(17-16-8)18-4-6-2-1-3-14-7(6)5-18/h6-7,14H,1-5H2,(H,15,16,17). The predicted molar refractivity (Wildman–Crippen MR) is 58.1 cm³/mol. The fraction of sp³-hybridized carbons (Fsp3) is 0.800. The normalized spacial score (nSPS) is 28.5. The van der Waals surface area contributed by atoms with Crippen LogP contribution in [-0.4, -0.2) is 40.9 Å². The first-order chi connectivity index (χ1) is 8.54. The fourth-order valence-corrected chi connectivity index (χ4v) is 2.73.